The molecule has 0 N–H and O–H groups in total. The van der Waals surface area contributed by atoms with E-state index in [4.69, 9.17) is 0 Å². The van der Waals surface area contributed by atoms with Gasteiger partial charge in [0.25, 0.3) is 0 Å². The second-order valence-corrected chi connectivity index (χ2v) is 1.93. The molecule has 0 radical (unpaired) electrons. The molecule has 7 heavy (non-hydrogen) atoms. The number of rotatable bonds is 0. The fourth-order valence-corrected chi connectivity index (χ4v) is 0.898. The van der Waals surface area contributed by atoms with Gasteiger partial charge in [0.2, 0.25) is 0 Å². The first-order valence-corrected chi connectivity index (χ1v) is 2.82. The minimum absolute atomic E-state index is 0. The summed E-state index contributed by atoms with van der Waals surface area (Å²) in [5, 5.41) is 0. The molecule has 38 valence electrons. The fraction of sp³-hybridized carbons (Fsp3) is 0.833. The van der Waals surface area contributed by atoms with Gasteiger partial charge in [-0.2, -0.15) is 12.8 Å². The van der Waals surface area contributed by atoms with Crippen LogP contribution in [0.2, 0.25) is 0 Å². The zero-order chi connectivity index (χ0) is 4.24. The van der Waals surface area contributed by atoms with Crippen molar-refractivity contribution in [1.29, 1.82) is 0 Å². The zero-order valence-corrected chi connectivity index (χ0v) is 8.78. The van der Waals surface area contributed by atoms with Gasteiger partial charge in [-0.05, 0) is 0 Å². The van der Waals surface area contributed by atoms with Gasteiger partial charge in [-0.3, -0.25) is 0 Å². The molecule has 1 heteroatoms. The summed E-state index contributed by atoms with van der Waals surface area (Å²) >= 11 is 0. The van der Waals surface area contributed by atoms with Crippen molar-refractivity contribution < 1.29 is 31.1 Å². The molecule has 0 spiro atoms. The SMILES string of the molecule is [CH-]1CCCCC1.[U+2]. The Morgan fingerprint density at radius 1 is 0.857 bits per heavy atom. The monoisotopic (exact) mass is 321 g/mol. The topological polar surface area (TPSA) is 0 Å². The van der Waals surface area contributed by atoms with Crippen molar-refractivity contribution in [2.45, 2.75) is 32.1 Å². The molecule has 0 amide bonds. The minimum atomic E-state index is 0. The van der Waals surface area contributed by atoms with Crippen LogP contribution in [-0.2, 0) is 0 Å². The normalized spacial score (nSPS) is 20.6. The standard InChI is InChI=1S/C6H11.U/c1-2-4-6-5-3-1;/h1H,2-6H2;/q-1;+2. The van der Waals surface area contributed by atoms with Crippen molar-refractivity contribution in [3.63, 3.8) is 0 Å². The summed E-state index contributed by atoms with van der Waals surface area (Å²) in [5.74, 6) is 0. The molecule has 0 aromatic carbocycles. The predicted octanol–water partition coefficient (Wildman–Crippen LogP) is 2.15. The Morgan fingerprint density at radius 3 is 1.57 bits per heavy atom. The zero-order valence-electron chi connectivity index (χ0n) is 4.61. The summed E-state index contributed by atoms with van der Waals surface area (Å²) in [4.78, 5) is 0. The Hall–Kier alpha value is 1.05. The molecule has 1 saturated carbocycles. The van der Waals surface area contributed by atoms with E-state index in [1.807, 2.05) is 0 Å². The predicted molar refractivity (Wildman–Crippen MR) is 27.4 cm³/mol. The van der Waals surface area contributed by atoms with Gasteiger partial charge in [0.15, 0.2) is 0 Å². The van der Waals surface area contributed by atoms with E-state index in [1.54, 1.807) is 0 Å². The maximum absolute atomic E-state index is 2.39. The second-order valence-electron chi connectivity index (χ2n) is 1.93. The second kappa shape index (κ2) is 5.19. The molecule has 0 saturated heterocycles. The van der Waals surface area contributed by atoms with Crippen molar-refractivity contribution in [2.24, 2.45) is 0 Å². The van der Waals surface area contributed by atoms with Crippen LogP contribution < -0.4 is 0 Å². The van der Waals surface area contributed by atoms with E-state index in [0.29, 0.717) is 0 Å². The summed E-state index contributed by atoms with van der Waals surface area (Å²) in [7, 11) is 0. The van der Waals surface area contributed by atoms with Crippen LogP contribution in [0, 0.1) is 37.5 Å². The largest absolute Gasteiger partial charge is 2.00 e. The molecular weight excluding hydrogens is 310 g/mol. The summed E-state index contributed by atoms with van der Waals surface area (Å²) in [6.45, 7) is 0. The van der Waals surface area contributed by atoms with Crippen molar-refractivity contribution in [3.05, 3.63) is 6.42 Å². The quantitative estimate of drug-likeness (QED) is 0.600. The smallest absolute Gasteiger partial charge is 0.328 e. The van der Waals surface area contributed by atoms with Gasteiger partial charge in [0.1, 0.15) is 0 Å². The molecule has 0 nitrogen and oxygen atoms in total. The molecular formula is C6H11U+. The summed E-state index contributed by atoms with van der Waals surface area (Å²) in [6.07, 6.45) is 9.50. The molecule has 1 rings (SSSR count). The van der Waals surface area contributed by atoms with Gasteiger partial charge in [0, 0.05) is 0 Å². The van der Waals surface area contributed by atoms with Crippen molar-refractivity contribution in [2.75, 3.05) is 0 Å². The van der Waals surface area contributed by atoms with Crippen LogP contribution in [0.1, 0.15) is 32.1 Å². The minimum Gasteiger partial charge on any atom is -0.328 e. The average Bonchev–Trinajstić information content (AvgIpc) is 1.72. The number of hydrogen-bond donors (Lipinski definition) is 0. The van der Waals surface area contributed by atoms with Crippen molar-refractivity contribution in [3.8, 4) is 0 Å². The van der Waals surface area contributed by atoms with Crippen LogP contribution in [0.15, 0.2) is 0 Å². The molecule has 0 heterocycles. The van der Waals surface area contributed by atoms with Crippen LogP contribution in [0.4, 0.5) is 0 Å². The van der Waals surface area contributed by atoms with Crippen LogP contribution in [0.5, 0.6) is 0 Å². The van der Waals surface area contributed by atoms with E-state index >= 15 is 0 Å². The Kier molecular flexibility index (Phi) is 5.97. The molecule has 0 aromatic heterocycles. The molecule has 1 fully saturated rings. The van der Waals surface area contributed by atoms with Crippen LogP contribution in [-0.4, -0.2) is 0 Å². The first kappa shape index (κ1) is 8.05. The van der Waals surface area contributed by atoms with Gasteiger partial charge in [-0.15, -0.1) is 0 Å². The molecule has 1 aliphatic carbocycles. The van der Waals surface area contributed by atoms with Gasteiger partial charge in [-0.25, -0.2) is 0 Å². The Labute approximate surface area is 69.4 Å². The van der Waals surface area contributed by atoms with Gasteiger partial charge in [0.05, 0.1) is 0 Å². The van der Waals surface area contributed by atoms with E-state index in [2.05, 4.69) is 6.42 Å². The number of hydrogen-bond acceptors (Lipinski definition) is 0. The molecule has 0 aliphatic heterocycles. The van der Waals surface area contributed by atoms with Crippen molar-refractivity contribution >= 4 is 0 Å². The Balaban J connectivity index is 0.000000360. The molecule has 0 aromatic rings. The van der Waals surface area contributed by atoms with E-state index in [9.17, 15) is 0 Å². The van der Waals surface area contributed by atoms with E-state index in [-0.39, 0.29) is 31.1 Å². The van der Waals surface area contributed by atoms with E-state index < -0.39 is 0 Å². The summed E-state index contributed by atoms with van der Waals surface area (Å²) in [6, 6.07) is 0. The molecule has 0 bridgehead atoms. The average molecular weight is 321 g/mol. The Bertz CT molecular complexity index is 19.7. The van der Waals surface area contributed by atoms with Gasteiger partial charge >= 0.3 is 31.1 Å². The van der Waals surface area contributed by atoms with Crippen LogP contribution in [0.3, 0.4) is 0 Å². The third-order valence-electron chi connectivity index (χ3n) is 1.32. The maximum Gasteiger partial charge on any atom is 2.00 e. The third-order valence-corrected chi connectivity index (χ3v) is 1.32. The van der Waals surface area contributed by atoms with Crippen molar-refractivity contribution in [1.82, 2.24) is 0 Å². The summed E-state index contributed by atoms with van der Waals surface area (Å²) < 4.78 is 0. The Morgan fingerprint density at radius 2 is 1.43 bits per heavy atom. The summed E-state index contributed by atoms with van der Waals surface area (Å²) in [5.41, 5.74) is 0. The molecule has 1 aliphatic rings. The molecule has 0 unspecified atom stereocenters. The first-order chi connectivity index (χ1) is 3.00. The van der Waals surface area contributed by atoms with Crippen LogP contribution >= 0.6 is 0 Å². The molecule has 0 atom stereocenters. The first-order valence-electron chi connectivity index (χ1n) is 2.82. The van der Waals surface area contributed by atoms with Crippen LogP contribution in [0.25, 0.3) is 0 Å². The third kappa shape index (κ3) is 3.62. The fourth-order valence-electron chi connectivity index (χ4n) is 0.898. The van der Waals surface area contributed by atoms with Gasteiger partial charge < -0.3 is 6.42 Å². The maximum atomic E-state index is 2.39. The van der Waals surface area contributed by atoms with Gasteiger partial charge in [-0.1, -0.05) is 19.3 Å². The van der Waals surface area contributed by atoms with E-state index in [1.165, 1.54) is 32.1 Å². The van der Waals surface area contributed by atoms with E-state index in [0.717, 1.165) is 0 Å².